The molecule has 16 heavy (non-hydrogen) atoms. The van der Waals surface area contributed by atoms with E-state index in [0.717, 1.165) is 6.42 Å². The number of carbonyl (C=O) groups excluding carboxylic acids is 2. The maximum atomic E-state index is 11.9. The van der Waals surface area contributed by atoms with Gasteiger partial charge in [-0.25, -0.2) is 0 Å². The van der Waals surface area contributed by atoms with E-state index in [1.165, 1.54) is 0 Å². The van der Waals surface area contributed by atoms with Gasteiger partial charge in [-0.05, 0) is 12.0 Å². The Morgan fingerprint density at radius 1 is 1.44 bits per heavy atom. The maximum Gasteiger partial charge on any atom is 0.270 e. The molecule has 0 aliphatic carbocycles. The van der Waals surface area contributed by atoms with Crippen LogP contribution in [0.3, 0.4) is 0 Å². The number of nitrogens with one attached hydrogen (secondary N) is 3. The molecule has 0 radical (unpaired) electrons. The standard InChI is InChI=1S/C11H15N3O2/c1-3-6(2)8-10(15)13-7-4-5-12-9(7)11(16)14-8/h4-6,8,12H,3H2,1-2H3,(H,13,15)(H,14,16). The largest absolute Gasteiger partial charge is 0.355 e. The molecule has 1 aliphatic heterocycles. The van der Waals surface area contributed by atoms with Gasteiger partial charge in [0.05, 0.1) is 5.69 Å². The van der Waals surface area contributed by atoms with Crippen LogP contribution in [-0.2, 0) is 4.79 Å². The first-order chi connectivity index (χ1) is 7.63. The fraction of sp³-hybridized carbons (Fsp3) is 0.455. The van der Waals surface area contributed by atoms with Gasteiger partial charge in [-0.1, -0.05) is 20.3 Å². The van der Waals surface area contributed by atoms with Crippen molar-refractivity contribution in [3.05, 3.63) is 18.0 Å². The summed E-state index contributed by atoms with van der Waals surface area (Å²) in [5.41, 5.74) is 0.965. The molecule has 1 aromatic heterocycles. The number of amides is 2. The van der Waals surface area contributed by atoms with Crippen molar-refractivity contribution in [2.75, 3.05) is 5.32 Å². The number of rotatable bonds is 2. The quantitative estimate of drug-likeness (QED) is 0.700. The van der Waals surface area contributed by atoms with Gasteiger partial charge in [0, 0.05) is 6.20 Å². The van der Waals surface area contributed by atoms with E-state index < -0.39 is 6.04 Å². The molecule has 0 aromatic carbocycles. The van der Waals surface area contributed by atoms with Crippen molar-refractivity contribution in [2.24, 2.45) is 5.92 Å². The van der Waals surface area contributed by atoms with E-state index in [-0.39, 0.29) is 17.7 Å². The van der Waals surface area contributed by atoms with E-state index in [9.17, 15) is 9.59 Å². The molecule has 2 heterocycles. The van der Waals surface area contributed by atoms with E-state index in [0.29, 0.717) is 11.4 Å². The molecular weight excluding hydrogens is 206 g/mol. The lowest BCUT2D eigenvalue weighted by Gasteiger charge is -2.20. The highest BCUT2D eigenvalue weighted by atomic mass is 16.2. The normalized spacial score (nSPS) is 21.8. The second kappa shape index (κ2) is 4.00. The van der Waals surface area contributed by atoms with Crippen molar-refractivity contribution in [1.82, 2.24) is 10.3 Å². The third-order valence-electron chi connectivity index (χ3n) is 3.01. The van der Waals surface area contributed by atoms with Crippen LogP contribution in [-0.4, -0.2) is 22.8 Å². The van der Waals surface area contributed by atoms with Gasteiger partial charge in [0.2, 0.25) is 5.91 Å². The zero-order valence-electron chi connectivity index (χ0n) is 9.33. The molecule has 1 aliphatic rings. The summed E-state index contributed by atoms with van der Waals surface area (Å²) < 4.78 is 0. The zero-order chi connectivity index (χ0) is 11.7. The number of hydrogen-bond donors (Lipinski definition) is 3. The Hall–Kier alpha value is -1.78. The lowest BCUT2D eigenvalue weighted by molar-refractivity contribution is -0.119. The minimum Gasteiger partial charge on any atom is -0.355 e. The van der Waals surface area contributed by atoms with Crippen molar-refractivity contribution in [1.29, 1.82) is 0 Å². The Bertz CT molecular complexity index is 425. The molecule has 2 amide bonds. The summed E-state index contributed by atoms with van der Waals surface area (Å²) in [4.78, 5) is 26.5. The number of fused-ring (bicyclic) bond motifs is 1. The van der Waals surface area contributed by atoms with Crippen LogP contribution in [0.15, 0.2) is 12.3 Å². The smallest absolute Gasteiger partial charge is 0.270 e. The minimum atomic E-state index is -0.460. The van der Waals surface area contributed by atoms with Gasteiger partial charge >= 0.3 is 0 Å². The number of H-pyrrole nitrogens is 1. The van der Waals surface area contributed by atoms with Crippen LogP contribution in [0.25, 0.3) is 0 Å². The summed E-state index contributed by atoms with van der Waals surface area (Å²) in [6.07, 6.45) is 2.47. The lowest BCUT2D eigenvalue weighted by Crippen LogP contribution is -2.45. The van der Waals surface area contributed by atoms with Gasteiger partial charge in [-0.2, -0.15) is 0 Å². The van der Waals surface area contributed by atoms with Gasteiger partial charge in [-0.15, -0.1) is 0 Å². The average Bonchev–Trinajstić information content (AvgIpc) is 2.68. The molecule has 2 unspecified atom stereocenters. The Morgan fingerprint density at radius 3 is 2.88 bits per heavy atom. The number of aromatic nitrogens is 1. The summed E-state index contributed by atoms with van der Waals surface area (Å²) in [7, 11) is 0. The first-order valence-corrected chi connectivity index (χ1v) is 5.42. The van der Waals surface area contributed by atoms with E-state index in [1.54, 1.807) is 12.3 Å². The van der Waals surface area contributed by atoms with Crippen LogP contribution in [0, 0.1) is 5.92 Å². The van der Waals surface area contributed by atoms with Crippen LogP contribution < -0.4 is 10.6 Å². The SMILES string of the molecule is CCC(C)C1NC(=O)c2[nH]ccc2NC1=O. The molecule has 0 spiro atoms. The van der Waals surface area contributed by atoms with Crippen molar-refractivity contribution >= 4 is 17.5 Å². The van der Waals surface area contributed by atoms with Crippen LogP contribution in [0.4, 0.5) is 5.69 Å². The van der Waals surface area contributed by atoms with E-state index in [1.807, 2.05) is 13.8 Å². The summed E-state index contributed by atoms with van der Waals surface area (Å²) >= 11 is 0. The van der Waals surface area contributed by atoms with E-state index in [2.05, 4.69) is 15.6 Å². The van der Waals surface area contributed by atoms with Crippen LogP contribution in [0.5, 0.6) is 0 Å². The third kappa shape index (κ3) is 1.68. The van der Waals surface area contributed by atoms with Crippen molar-refractivity contribution in [3.63, 3.8) is 0 Å². The molecule has 2 atom stereocenters. The lowest BCUT2D eigenvalue weighted by atomic mass is 9.98. The third-order valence-corrected chi connectivity index (χ3v) is 3.01. The fourth-order valence-electron chi connectivity index (χ4n) is 1.79. The number of aromatic amines is 1. The fourth-order valence-corrected chi connectivity index (χ4v) is 1.79. The van der Waals surface area contributed by atoms with Crippen molar-refractivity contribution < 1.29 is 9.59 Å². The molecule has 0 bridgehead atoms. The Kier molecular flexibility index (Phi) is 2.68. The van der Waals surface area contributed by atoms with Crippen LogP contribution in [0.2, 0.25) is 0 Å². The molecule has 2 rings (SSSR count). The summed E-state index contributed by atoms with van der Waals surface area (Å²) in [6.45, 7) is 3.94. The van der Waals surface area contributed by atoms with Crippen LogP contribution in [0.1, 0.15) is 30.8 Å². The topological polar surface area (TPSA) is 74.0 Å². The second-order valence-corrected chi connectivity index (χ2v) is 4.09. The molecule has 3 N–H and O–H groups in total. The highest BCUT2D eigenvalue weighted by Gasteiger charge is 2.31. The summed E-state index contributed by atoms with van der Waals surface area (Å²) in [6, 6.07) is 1.23. The zero-order valence-corrected chi connectivity index (χ0v) is 9.33. The Balaban J connectivity index is 2.29. The first kappa shape index (κ1) is 10.7. The molecule has 1 aromatic rings. The molecule has 0 saturated carbocycles. The van der Waals surface area contributed by atoms with Gasteiger partial charge in [0.1, 0.15) is 11.7 Å². The van der Waals surface area contributed by atoms with Crippen molar-refractivity contribution in [2.45, 2.75) is 26.3 Å². The molecular formula is C11H15N3O2. The van der Waals surface area contributed by atoms with Gasteiger partial charge < -0.3 is 15.6 Å². The second-order valence-electron chi connectivity index (χ2n) is 4.09. The molecule has 5 heteroatoms. The monoisotopic (exact) mass is 221 g/mol. The number of anilines is 1. The predicted molar refractivity (Wildman–Crippen MR) is 60.1 cm³/mol. The molecule has 0 saturated heterocycles. The first-order valence-electron chi connectivity index (χ1n) is 5.42. The Labute approximate surface area is 93.6 Å². The number of carbonyl (C=O) groups is 2. The highest BCUT2D eigenvalue weighted by molar-refractivity contribution is 6.08. The molecule has 0 fully saturated rings. The molecule has 5 nitrogen and oxygen atoms in total. The van der Waals surface area contributed by atoms with E-state index in [4.69, 9.17) is 0 Å². The maximum absolute atomic E-state index is 11.9. The predicted octanol–water partition coefficient (Wildman–Crippen LogP) is 1.11. The van der Waals surface area contributed by atoms with E-state index >= 15 is 0 Å². The van der Waals surface area contributed by atoms with Gasteiger partial charge in [-0.3, -0.25) is 9.59 Å². The minimum absolute atomic E-state index is 0.118. The van der Waals surface area contributed by atoms with Crippen LogP contribution >= 0.6 is 0 Å². The average molecular weight is 221 g/mol. The Morgan fingerprint density at radius 2 is 2.19 bits per heavy atom. The van der Waals surface area contributed by atoms with Crippen molar-refractivity contribution in [3.8, 4) is 0 Å². The number of hydrogen-bond acceptors (Lipinski definition) is 2. The van der Waals surface area contributed by atoms with Gasteiger partial charge in [0.25, 0.3) is 5.91 Å². The summed E-state index contributed by atoms with van der Waals surface area (Å²) in [5, 5.41) is 5.48. The van der Waals surface area contributed by atoms with Gasteiger partial charge in [0.15, 0.2) is 0 Å². The molecule has 86 valence electrons. The highest BCUT2D eigenvalue weighted by Crippen LogP contribution is 2.19. The summed E-state index contributed by atoms with van der Waals surface area (Å²) in [5.74, 6) is -0.266.